The van der Waals surface area contributed by atoms with Gasteiger partial charge in [-0.2, -0.15) is 5.26 Å². The molecular weight excluding hydrogens is 326 g/mol. The van der Waals surface area contributed by atoms with Gasteiger partial charge >= 0.3 is 0 Å². The van der Waals surface area contributed by atoms with Crippen LogP contribution in [0.5, 0.6) is 0 Å². The van der Waals surface area contributed by atoms with E-state index in [9.17, 15) is 0 Å². The van der Waals surface area contributed by atoms with Gasteiger partial charge in [-0.25, -0.2) is 4.98 Å². The number of aromatic nitrogens is 1. The van der Waals surface area contributed by atoms with Crippen LogP contribution in [0.25, 0.3) is 0 Å². The van der Waals surface area contributed by atoms with Crippen molar-refractivity contribution >= 4 is 39.0 Å². The Hall–Kier alpha value is -1.57. The molecule has 1 aromatic heterocycles. The van der Waals surface area contributed by atoms with Gasteiger partial charge in [0.1, 0.15) is 11.9 Å². The van der Waals surface area contributed by atoms with Gasteiger partial charge in [0.25, 0.3) is 0 Å². The number of rotatable bonds is 2. The molecule has 0 aliphatic rings. The van der Waals surface area contributed by atoms with Gasteiger partial charge < -0.3 is 5.32 Å². The van der Waals surface area contributed by atoms with Crippen molar-refractivity contribution in [1.29, 1.82) is 5.26 Å². The van der Waals surface area contributed by atoms with Crippen LogP contribution < -0.4 is 5.32 Å². The average Bonchev–Trinajstić information content (AvgIpc) is 2.36. The van der Waals surface area contributed by atoms with Crippen molar-refractivity contribution in [3.8, 4) is 6.07 Å². The van der Waals surface area contributed by atoms with Crippen LogP contribution in [0.2, 0.25) is 5.02 Å². The van der Waals surface area contributed by atoms with Gasteiger partial charge in [-0.3, -0.25) is 0 Å². The molecule has 0 fully saturated rings. The lowest BCUT2D eigenvalue weighted by atomic mass is 10.2. The molecule has 0 bridgehead atoms. The Morgan fingerprint density at radius 3 is 2.74 bits per heavy atom. The maximum absolute atomic E-state index is 9.09. The lowest BCUT2D eigenvalue weighted by molar-refractivity contribution is 1.18. The zero-order valence-corrected chi connectivity index (χ0v) is 12.8. The van der Waals surface area contributed by atoms with Gasteiger partial charge in [0, 0.05) is 15.2 Å². The molecule has 0 saturated heterocycles. The smallest absolute Gasteiger partial charge is 0.148 e. The largest absolute Gasteiger partial charge is 0.338 e. The predicted octanol–water partition coefficient (Wildman–Crippen LogP) is 4.73. The van der Waals surface area contributed by atoms with Gasteiger partial charge in [-0.15, -0.1) is 0 Å². The van der Waals surface area contributed by atoms with E-state index in [1.165, 1.54) is 0 Å². The molecule has 2 aromatic rings. The summed E-state index contributed by atoms with van der Waals surface area (Å²) in [5.74, 6) is 0.531. The summed E-state index contributed by atoms with van der Waals surface area (Å²) < 4.78 is 0.876. The number of pyridine rings is 1. The first-order chi connectivity index (χ1) is 9.01. The van der Waals surface area contributed by atoms with Crippen molar-refractivity contribution in [1.82, 2.24) is 4.98 Å². The highest BCUT2D eigenvalue weighted by molar-refractivity contribution is 9.10. The molecular formula is C14H11BrClN3. The van der Waals surface area contributed by atoms with E-state index in [-0.39, 0.29) is 0 Å². The summed E-state index contributed by atoms with van der Waals surface area (Å²) in [4.78, 5) is 4.33. The summed E-state index contributed by atoms with van der Waals surface area (Å²) in [6.07, 6.45) is 0. The van der Waals surface area contributed by atoms with Crippen LogP contribution in [0.4, 0.5) is 11.5 Å². The van der Waals surface area contributed by atoms with E-state index in [0.717, 1.165) is 21.4 Å². The first-order valence-electron chi connectivity index (χ1n) is 5.61. The molecule has 0 aliphatic heterocycles. The minimum absolute atomic E-state index is 0.495. The second-order valence-electron chi connectivity index (χ2n) is 4.17. The Morgan fingerprint density at radius 2 is 2.05 bits per heavy atom. The van der Waals surface area contributed by atoms with Crippen molar-refractivity contribution in [2.24, 2.45) is 0 Å². The maximum atomic E-state index is 9.09. The third-order valence-electron chi connectivity index (χ3n) is 2.66. The van der Waals surface area contributed by atoms with Crippen molar-refractivity contribution in [2.75, 3.05) is 5.32 Å². The maximum Gasteiger partial charge on any atom is 0.148 e. The topological polar surface area (TPSA) is 48.7 Å². The van der Waals surface area contributed by atoms with Crippen LogP contribution in [0.3, 0.4) is 0 Å². The van der Waals surface area contributed by atoms with E-state index in [2.05, 4.69) is 32.3 Å². The van der Waals surface area contributed by atoms with E-state index in [4.69, 9.17) is 16.9 Å². The molecule has 1 heterocycles. The first kappa shape index (κ1) is 13.9. The Kier molecular flexibility index (Phi) is 4.08. The van der Waals surface area contributed by atoms with Crippen LogP contribution in [0.1, 0.15) is 16.8 Å². The Morgan fingerprint density at radius 1 is 1.32 bits per heavy atom. The van der Waals surface area contributed by atoms with Crippen LogP contribution in [-0.2, 0) is 0 Å². The molecule has 0 saturated carbocycles. The number of anilines is 2. The minimum atomic E-state index is 0.495. The molecule has 1 N–H and O–H groups in total. The quantitative estimate of drug-likeness (QED) is 0.862. The fourth-order valence-electron chi connectivity index (χ4n) is 1.61. The molecule has 96 valence electrons. The van der Waals surface area contributed by atoms with Crippen LogP contribution in [-0.4, -0.2) is 4.98 Å². The standard InChI is InChI=1S/C14H11BrClN3/c1-8-5-11(15)13(6-12(8)16)19-14-10(7-17)4-3-9(2)18-14/h3-6H,1-2H3,(H,18,19). The highest BCUT2D eigenvalue weighted by Crippen LogP contribution is 2.31. The van der Waals surface area contributed by atoms with Gasteiger partial charge in [0.15, 0.2) is 0 Å². The fourth-order valence-corrected chi connectivity index (χ4v) is 2.33. The molecule has 0 radical (unpaired) electrons. The SMILES string of the molecule is Cc1ccc(C#N)c(Nc2cc(Cl)c(C)cc2Br)n1. The zero-order valence-electron chi connectivity index (χ0n) is 10.5. The van der Waals surface area contributed by atoms with Gasteiger partial charge in [0.05, 0.1) is 11.3 Å². The summed E-state index contributed by atoms with van der Waals surface area (Å²) in [5.41, 5.74) is 3.10. The van der Waals surface area contributed by atoms with Gasteiger partial charge in [-0.05, 0) is 59.6 Å². The Bertz CT molecular complexity index is 677. The van der Waals surface area contributed by atoms with E-state index in [1.807, 2.05) is 26.0 Å². The third kappa shape index (κ3) is 3.06. The highest BCUT2D eigenvalue weighted by atomic mass is 79.9. The van der Waals surface area contributed by atoms with E-state index in [1.54, 1.807) is 12.1 Å². The molecule has 2 rings (SSSR count). The number of hydrogen-bond donors (Lipinski definition) is 1. The monoisotopic (exact) mass is 335 g/mol. The molecule has 5 heteroatoms. The number of benzene rings is 1. The lowest BCUT2D eigenvalue weighted by Gasteiger charge is -2.11. The second kappa shape index (κ2) is 5.60. The number of halogens is 2. The summed E-state index contributed by atoms with van der Waals surface area (Å²) >= 11 is 9.58. The first-order valence-corrected chi connectivity index (χ1v) is 6.79. The van der Waals surface area contributed by atoms with Gasteiger partial charge in [-0.1, -0.05) is 11.6 Å². The van der Waals surface area contributed by atoms with E-state index in [0.29, 0.717) is 16.4 Å². The summed E-state index contributed by atoms with van der Waals surface area (Å²) in [6, 6.07) is 9.40. The Balaban J connectivity index is 2.45. The van der Waals surface area contributed by atoms with Crippen LogP contribution in [0, 0.1) is 25.2 Å². The number of nitrogens with zero attached hydrogens (tertiary/aromatic N) is 2. The summed E-state index contributed by atoms with van der Waals surface area (Å²) in [5, 5.41) is 12.9. The molecule has 0 unspecified atom stereocenters. The lowest BCUT2D eigenvalue weighted by Crippen LogP contribution is -1.99. The average molecular weight is 337 g/mol. The molecule has 0 aliphatic carbocycles. The molecule has 19 heavy (non-hydrogen) atoms. The van der Waals surface area contributed by atoms with E-state index >= 15 is 0 Å². The number of nitriles is 1. The molecule has 0 amide bonds. The zero-order chi connectivity index (χ0) is 14.0. The normalized spacial score (nSPS) is 10.1. The van der Waals surface area contributed by atoms with Crippen molar-refractivity contribution in [3.05, 3.63) is 50.6 Å². The minimum Gasteiger partial charge on any atom is -0.338 e. The Labute approximate surface area is 125 Å². The number of nitrogens with one attached hydrogen (secondary N) is 1. The summed E-state index contributed by atoms with van der Waals surface area (Å²) in [7, 11) is 0. The molecule has 0 atom stereocenters. The molecule has 3 nitrogen and oxygen atoms in total. The molecule has 0 spiro atoms. The predicted molar refractivity (Wildman–Crippen MR) is 80.9 cm³/mol. The number of hydrogen-bond acceptors (Lipinski definition) is 3. The highest BCUT2D eigenvalue weighted by Gasteiger charge is 2.09. The van der Waals surface area contributed by atoms with Crippen LogP contribution in [0.15, 0.2) is 28.7 Å². The second-order valence-corrected chi connectivity index (χ2v) is 5.43. The molecule has 1 aromatic carbocycles. The van der Waals surface area contributed by atoms with Crippen molar-refractivity contribution in [2.45, 2.75) is 13.8 Å². The fraction of sp³-hybridized carbons (Fsp3) is 0.143. The van der Waals surface area contributed by atoms with E-state index < -0.39 is 0 Å². The van der Waals surface area contributed by atoms with Crippen LogP contribution >= 0.6 is 27.5 Å². The van der Waals surface area contributed by atoms with Crippen molar-refractivity contribution < 1.29 is 0 Å². The third-order valence-corrected chi connectivity index (χ3v) is 3.72. The van der Waals surface area contributed by atoms with Gasteiger partial charge in [0.2, 0.25) is 0 Å². The number of aryl methyl sites for hydroxylation is 2. The van der Waals surface area contributed by atoms with Crippen molar-refractivity contribution in [3.63, 3.8) is 0 Å². The summed E-state index contributed by atoms with van der Waals surface area (Å²) in [6.45, 7) is 3.81.